The highest BCUT2D eigenvalue weighted by molar-refractivity contribution is 7.80. The van der Waals surface area contributed by atoms with E-state index in [2.05, 4.69) is 10.6 Å². The minimum atomic E-state index is -0.475. The lowest BCUT2D eigenvalue weighted by Crippen LogP contribution is -2.20. The zero-order valence-corrected chi connectivity index (χ0v) is 15.8. The topological polar surface area (TPSA) is 93.5 Å². The first-order chi connectivity index (χ1) is 11.7. The van der Waals surface area contributed by atoms with Crippen LogP contribution in [-0.4, -0.2) is 23.1 Å². The first-order valence-corrected chi connectivity index (χ1v) is 8.48. The Morgan fingerprint density at radius 1 is 1.28 bits per heavy atom. The lowest BCUT2D eigenvalue weighted by Gasteiger charge is -2.11. The van der Waals surface area contributed by atoms with Gasteiger partial charge in [0.15, 0.2) is 5.11 Å². The van der Waals surface area contributed by atoms with Gasteiger partial charge in [-0.25, -0.2) is 4.79 Å². The molecule has 0 aliphatic carbocycles. The van der Waals surface area contributed by atoms with Crippen LogP contribution in [0, 0.1) is 30.9 Å². The number of nitro benzene ring substituents is 1. The number of thiophene rings is 1. The van der Waals surface area contributed by atoms with Crippen molar-refractivity contribution in [2.75, 3.05) is 17.7 Å². The Hall–Kier alpha value is -2.52. The number of esters is 1. The Bertz CT molecular complexity index is 861. The Morgan fingerprint density at radius 3 is 2.56 bits per heavy atom. The van der Waals surface area contributed by atoms with Gasteiger partial charge in [-0.3, -0.25) is 10.1 Å². The van der Waals surface area contributed by atoms with Gasteiger partial charge in [0.25, 0.3) is 5.69 Å². The monoisotopic (exact) mass is 379 g/mol. The lowest BCUT2D eigenvalue weighted by atomic mass is 10.1. The van der Waals surface area contributed by atoms with Gasteiger partial charge < -0.3 is 15.4 Å². The van der Waals surface area contributed by atoms with Crippen LogP contribution in [0.1, 0.15) is 26.4 Å². The molecule has 0 saturated carbocycles. The van der Waals surface area contributed by atoms with E-state index in [1.807, 2.05) is 13.8 Å². The molecular weight excluding hydrogens is 362 g/mol. The van der Waals surface area contributed by atoms with Crippen LogP contribution in [0.3, 0.4) is 0 Å². The summed E-state index contributed by atoms with van der Waals surface area (Å²) in [6, 6.07) is 4.80. The zero-order valence-electron chi connectivity index (χ0n) is 14.1. The number of anilines is 2. The van der Waals surface area contributed by atoms with Gasteiger partial charge in [0.1, 0.15) is 10.7 Å². The van der Waals surface area contributed by atoms with Crippen molar-refractivity contribution >= 4 is 51.0 Å². The number of carbonyl (C=O) groups is 1. The second kappa shape index (κ2) is 7.58. The smallest absolute Gasteiger partial charge is 0.341 e. The van der Waals surface area contributed by atoms with Gasteiger partial charge in [0.2, 0.25) is 0 Å². The summed E-state index contributed by atoms with van der Waals surface area (Å²) in [5.41, 5.74) is 2.19. The van der Waals surface area contributed by atoms with E-state index in [-0.39, 0.29) is 16.5 Å². The predicted octanol–water partition coefficient (Wildman–Crippen LogP) is 4.18. The molecule has 0 bridgehead atoms. The molecule has 0 aliphatic heterocycles. The number of nitro groups is 1. The average Bonchev–Trinajstić information content (AvgIpc) is 2.82. The molecule has 0 saturated heterocycles. The first kappa shape index (κ1) is 18.8. The number of carbonyl (C=O) groups excluding carboxylic acids is 1. The Labute approximate surface area is 154 Å². The molecule has 0 atom stereocenters. The van der Waals surface area contributed by atoms with E-state index < -0.39 is 10.9 Å². The fraction of sp³-hybridized carbons (Fsp3) is 0.250. The van der Waals surface area contributed by atoms with Crippen LogP contribution in [0.25, 0.3) is 0 Å². The van der Waals surface area contributed by atoms with Crippen molar-refractivity contribution in [1.29, 1.82) is 0 Å². The minimum absolute atomic E-state index is 0.0733. The van der Waals surface area contributed by atoms with E-state index in [9.17, 15) is 14.9 Å². The molecule has 0 spiro atoms. The highest BCUT2D eigenvalue weighted by atomic mass is 32.1. The number of aryl methyl sites for hydroxylation is 2. The third-order valence-electron chi connectivity index (χ3n) is 3.60. The summed E-state index contributed by atoms with van der Waals surface area (Å²) in [5, 5.41) is 17.6. The summed E-state index contributed by atoms with van der Waals surface area (Å²) in [6.07, 6.45) is 0. The number of nitrogens with zero attached hydrogens (tertiary/aromatic N) is 1. The third kappa shape index (κ3) is 4.12. The van der Waals surface area contributed by atoms with Crippen LogP contribution in [0.5, 0.6) is 0 Å². The fourth-order valence-electron chi connectivity index (χ4n) is 2.22. The van der Waals surface area contributed by atoms with Crippen molar-refractivity contribution in [3.05, 3.63) is 49.9 Å². The van der Waals surface area contributed by atoms with Crippen LogP contribution in [0.4, 0.5) is 16.4 Å². The number of hydrogen-bond acceptors (Lipinski definition) is 6. The predicted molar refractivity (Wildman–Crippen MR) is 103 cm³/mol. The van der Waals surface area contributed by atoms with Crippen molar-refractivity contribution in [1.82, 2.24) is 0 Å². The number of benzene rings is 1. The molecule has 0 aliphatic rings. The van der Waals surface area contributed by atoms with Crippen molar-refractivity contribution in [2.45, 2.75) is 20.8 Å². The highest BCUT2D eigenvalue weighted by Gasteiger charge is 2.21. The Morgan fingerprint density at radius 2 is 1.96 bits per heavy atom. The van der Waals surface area contributed by atoms with E-state index in [1.165, 1.54) is 24.5 Å². The van der Waals surface area contributed by atoms with Gasteiger partial charge in [-0.2, -0.15) is 0 Å². The Balaban J connectivity index is 2.26. The number of methoxy groups -OCH3 is 1. The summed E-state index contributed by atoms with van der Waals surface area (Å²) < 4.78 is 4.81. The van der Waals surface area contributed by atoms with Crippen LogP contribution in [0.15, 0.2) is 18.2 Å². The van der Waals surface area contributed by atoms with Gasteiger partial charge in [-0.15, -0.1) is 11.3 Å². The maximum Gasteiger partial charge on any atom is 0.341 e. The molecule has 7 nitrogen and oxygen atoms in total. The maximum atomic E-state index is 12.0. The van der Waals surface area contributed by atoms with Crippen LogP contribution >= 0.6 is 23.6 Å². The maximum absolute atomic E-state index is 12.0. The molecule has 2 rings (SSSR count). The van der Waals surface area contributed by atoms with Crippen molar-refractivity contribution in [3.63, 3.8) is 0 Å². The van der Waals surface area contributed by atoms with E-state index in [1.54, 1.807) is 19.1 Å². The normalized spacial score (nSPS) is 10.2. The van der Waals surface area contributed by atoms with Gasteiger partial charge in [0.05, 0.1) is 17.6 Å². The molecule has 9 heteroatoms. The summed E-state index contributed by atoms with van der Waals surface area (Å²) >= 11 is 6.60. The van der Waals surface area contributed by atoms with E-state index in [0.29, 0.717) is 10.6 Å². The third-order valence-corrected chi connectivity index (χ3v) is 4.93. The number of hydrogen-bond donors (Lipinski definition) is 2. The van der Waals surface area contributed by atoms with Gasteiger partial charge >= 0.3 is 5.97 Å². The molecule has 1 aromatic heterocycles. The lowest BCUT2D eigenvalue weighted by molar-refractivity contribution is -0.383. The van der Waals surface area contributed by atoms with E-state index >= 15 is 0 Å². The molecule has 25 heavy (non-hydrogen) atoms. The van der Waals surface area contributed by atoms with Crippen molar-refractivity contribution < 1.29 is 14.5 Å². The molecule has 0 radical (unpaired) electrons. The fourth-order valence-corrected chi connectivity index (χ4v) is 3.55. The molecule has 1 heterocycles. The average molecular weight is 379 g/mol. The second-order valence-corrected chi connectivity index (χ2v) is 6.97. The Kier molecular flexibility index (Phi) is 5.70. The molecule has 2 aromatic rings. The largest absolute Gasteiger partial charge is 0.465 e. The number of ether oxygens (including phenoxy) is 1. The summed E-state index contributed by atoms with van der Waals surface area (Å²) in [7, 11) is 1.31. The van der Waals surface area contributed by atoms with Crippen LogP contribution in [0.2, 0.25) is 0 Å². The molecule has 1 aromatic carbocycles. The molecule has 132 valence electrons. The standard InChI is InChI=1S/C16H17N3O4S2/c1-8-5-6-11(12(7-8)19(21)22)17-16(24)18-14-13(15(20)23-4)9(2)10(3)25-14/h5-7H,1-4H3,(H2,17,18,24). The summed E-state index contributed by atoms with van der Waals surface area (Å²) in [4.78, 5) is 23.6. The quantitative estimate of drug-likeness (QED) is 0.356. The first-order valence-electron chi connectivity index (χ1n) is 7.26. The van der Waals surface area contributed by atoms with Crippen molar-refractivity contribution in [3.8, 4) is 0 Å². The van der Waals surface area contributed by atoms with Gasteiger partial charge in [-0.05, 0) is 50.2 Å². The number of rotatable bonds is 4. The van der Waals surface area contributed by atoms with Crippen LogP contribution < -0.4 is 10.6 Å². The SMILES string of the molecule is COC(=O)c1c(NC(=S)Nc2ccc(C)cc2[N+](=O)[O-])sc(C)c1C. The molecule has 0 amide bonds. The minimum Gasteiger partial charge on any atom is -0.465 e. The summed E-state index contributed by atoms with van der Waals surface area (Å²) in [5.74, 6) is -0.464. The second-order valence-electron chi connectivity index (χ2n) is 5.34. The molecular formula is C16H17N3O4S2. The zero-order chi connectivity index (χ0) is 18.7. The van der Waals surface area contributed by atoms with Crippen molar-refractivity contribution in [2.24, 2.45) is 0 Å². The van der Waals surface area contributed by atoms with Gasteiger partial charge in [-0.1, -0.05) is 6.07 Å². The van der Waals surface area contributed by atoms with Gasteiger partial charge in [0, 0.05) is 10.9 Å². The molecule has 0 fully saturated rings. The summed E-state index contributed by atoms with van der Waals surface area (Å²) in [6.45, 7) is 5.48. The van der Waals surface area contributed by atoms with E-state index in [4.69, 9.17) is 17.0 Å². The highest BCUT2D eigenvalue weighted by Crippen LogP contribution is 2.33. The van der Waals surface area contributed by atoms with E-state index in [0.717, 1.165) is 16.0 Å². The molecule has 2 N–H and O–H groups in total. The molecule has 0 unspecified atom stereocenters. The number of nitrogens with one attached hydrogen (secondary N) is 2. The number of thiocarbonyl (C=S) groups is 1. The van der Waals surface area contributed by atoms with Crippen LogP contribution in [-0.2, 0) is 4.74 Å².